The second-order valence-corrected chi connectivity index (χ2v) is 5.92. The molecule has 2 saturated carbocycles. The van der Waals surface area contributed by atoms with Gasteiger partial charge in [0.15, 0.2) is 0 Å². The van der Waals surface area contributed by atoms with E-state index < -0.39 is 11.9 Å². The second-order valence-electron chi connectivity index (χ2n) is 5.92. The lowest BCUT2D eigenvalue weighted by Gasteiger charge is -2.28. The van der Waals surface area contributed by atoms with Crippen molar-refractivity contribution in [3.05, 3.63) is 0 Å². The summed E-state index contributed by atoms with van der Waals surface area (Å²) in [6.07, 6.45) is 6.86. The minimum atomic E-state index is -0.815. The van der Waals surface area contributed by atoms with E-state index in [4.69, 9.17) is 5.11 Å². The number of carboxylic acid groups (broad SMARTS) is 1. The molecule has 2 aliphatic carbocycles. The van der Waals surface area contributed by atoms with E-state index in [0.717, 1.165) is 31.6 Å². The van der Waals surface area contributed by atoms with Crippen LogP contribution < -0.4 is 5.32 Å². The van der Waals surface area contributed by atoms with Gasteiger partial charge in [0.25, 0.3) is 0 Å². The number of hydrogen-bond acceptors (Lipinski definition) is 2. The largest absolute Gasteiger partial charge is 0.481 e. The molecular formula is C14H23NO3. The van der Waals surface area contributed by atoms with Crippen LogP contribution in [0.15, 0.2) is 0 Å². The molecule has 0 saturated heterocycles. The van der Waals surface area contributed by atoms with E-state index in [1.165, 1.54) is 12.8 Å². The van der Waals surface area contributed by atoms with Crippen LogP contribution in [0.4, 0.5) is 0 Å². The fourth-order valence-corrected chi connectivity index (χ4v) is 3.00. The van der Waals surface area contributed by atoms with Crippen molar-refractivity contribution < 1.29 is 14.7 Å². The van der Waals surface area contributed by atoms with Gasteiger partial charge in [0.1, 0.15) is 0 Å². The summed E-state index contributed by atoms with van der Waals surface area (Å²) in [5.74, 6) is -0.883. The monoisotopic (exact) mass is 253 g/mol. The summed E-state index contributed by atoms with van der Waals surface area (Å²) < 4.78 is 0. The number of aliphatic carboxylic acids is 1. The molecule has 102 valence electrons. The Balaban J connectivity index is 1.86. The molecule has 0 bridgehead atoms. The average Bonchev–Trinajstić information content (AvgIpc) is 3.12. The van der Waals surface area contributed by atoms with Gasteiger partial charge in [-0.3, -0.25) is 9.59 Å². The van der Waals surface area contributed by atoms with Gasteiger partial charge >= 0.3 is 5.97 Å². The highest BCUT2D eigenvalue weighted by molar-refractivity contribution is 5.85. The zero-order valence-electron chi connectivity index (χ0n) is 11.0. The Hall–Kier alpha value is -1.06. The molecule has 4 nitrogen and oxygen atoms in total. The summed E-state index contributed by atoms with van der Waals surface area (Å²) in [5.41, 5.74) is 0. The van der Waals surface area contributed by atoms with Gasteiger partial charge in [-0.15, -0.1) is 0 Å². The first-order valence-corrected chi connectivity index (χ1v) is 7.11. The van der Waals surface area contributed by atoms with Crippen LogP contribution in [0.25, 0.3) is 0 Å². The Morgan fingerprint density at radius 1 is 1.17 bits per heavy atom. The van der Waals surface area contributed by atoms with Crippen LogP contribution in [0, 0.1) is 17.8 Å². The molecule has 0 aromatic rings. The highest BCUT2D eigenvalue weighted by atomic mass is 16.4. The van der Waals surface area contributed by atoms with Crippen LogP contribution in [0.5, 0.6) is 0 Å². The Labute approximate surface area is 108 Å². The van der Waals surface area contributed by atoms with Gasteiger partial charge in [-0.2, -0.15) is 0 Å². The van der Waals surface area contributed by atoms with Crippen LogP contribution in [0.2, 0.25) is 0 Å². The molecule has 0 spiro atoms. The number of carbonyl (C=O) groups is 2. The maximum absolute atomic E-state index is 12.2. The van der Waals surface area contributed by atoms with Crippen molar-refractivity contribution in [3.63, 3.8) is 0 Å². The molecule has 0 aromatic carbocycles. The average molecular weight is 253 g/mol. The molecule has 2 rings (SSSR count). The summed E-state index contributed by atoms with van der Waals surface area (Å²) in [7, 11) is 0. The van der Waals surface area contributed by atoms with Crippen molar-refractivity contribution in [2.45, 2.75) is 57.9 Å². The summed E-state index contributed by atoms with van der Waals surface area (Å²) in [5, 5.41) is 12.2. The molecule has 0 radical (unpaired) electrons. The number of amides is 1. The van der Waals surface area contributed by atoms with Gasteiger partial charge in [-0.1, -0.05) is 25.7 Å². The van der Waals surface area contributed by atoms with Crippen molar-refractivity contribution in [1.29, 1.82) is 0 Å². The van der Waals surface area contributed by atoms with E-state index in [1.807, 2.05) is 6.92 Å². The molecule has 2 fully saturated rings. The number of hydrogen-bond donors (Lipinski definition) is 2. The number of carboxylic acids is 1. The van der Waals surface area contributed by atoms with Crippen molar-refractivity contribution in [1.82, 2.24) is 5.32 Å². The Kier molecular flexibility index (Phi) is 4.25. The van der Waals surface area contributed by atoms with E-state index in [1.54, 1.807) is 0 Å². The van der Waals surface area contributed by atoms with Gasteiger partial charge in [-0.05, 0) is 32.1 Å². The fourth-order valence-electron chi connectivity index (χ4n) is 3.00. The zero-order valence-corrected chi connectivity index (χ0v) is 11.0. The van der Waals surface area contributed by atoms with Crippen LogP contribution in [-0.2, 0) is 9.59 Å². The van der Waals surface area contributed by atoms with Crippen LogP contribution in [0.3, 0.4) is 0 Å². The zero-order chi connectivity index (χ0) is 13.1. The molecule has 1 amide bonds. The molecule has 1 unspecified atom stereocenters. The molecule has 3 atom stereocenters. The predicted octanol–water partition coefficient (Wildman–Crippen LogP) is 2.18. The van der Waals surface area contributed by atoms with E-state index >= 15 is 0 Å². The standard InChI is InChI=1S/C14H23NO3/c1-9(8-10-6-7-10)15-13(16)11-4-2-3-5-12(11)14(17)18/h9-12H,2-8H2,1H3,(H,15,16)(H,17,18)/t9?,11-,12+/m1/s1. The van der Waals surface area contributed by atoms with Crippen molar-refractivity contribution in [2.75, 3.05) is 0 Å². The minimum Gasteiger partial charge on any atom is -0.481 e. The third-order valence-electron chi connectivity index (χ3n) is 4.19. The van der Waals surface area contributed by atoms with Gasteiger partial charge in [0, 0.05) is 6.04 Å². The molecule has 0 heterocycles. The van der Waals surface area contributed by atoms with Gasteiger partial charge < -0.3 is 10.4 Å². The van der Waals surface area contributed by atoms with Crippen LogP contribution in [-0.4, -0.2) is 23.0 Å². The molecule has 0 aromatic heterocycles. The number of carbonyl (C=O) groups excluding carboxylic acids is 1. The lowest BCUT2D eigenvalue weighted by molar-refractivity contribution is -0.149. The number of nitrogens with one attached hydrogen (secondary N) is 1. The van der Waals surface area contributed by atoms with E-state index in [2.05, 4.69) is 5.32 Å². The van der Waals surface area contributed by atoms with E-state index in [9.17, 15) is 9.59 Å². The summed E-state index contributed by atoms with van der Waals surface area (Å²) in [6, 6.07) is 0.182. The minimum absolute atomic E-state index is 0.0461. The molecule has 4 heteroatoms. The first-order valence-electron chi connectivity index (χ1n) is 7.11. The first-order chi connectivity index (χ1) is 8.58. The Bertz CT molecular complexity index is 325. The van der Waals surface area contributed by atoms with E-state index in [0.29, 0.717) is 6.42 Å². The quantitative estimate of drug-likeness (QED) is 0.789. The van der Waals surface area contributed by atoms with Crippen molar-refractivity contribution >= 4 is 11.9 Å². The van der Waals surface area contributed by atoms with Crippen molar-refractivity contribution in [3.8, 4) is 0 Å². The lowest BCUT2D eigenvalue weighted by atomic mass is 9.78. The third kappa shape index (κ3) is 3.47. The maximum Gasteiger partial charge on any atom is 0.307 e. The highest BCUT2D eigenvalue weighted by Crippen LogP contribution is 2.34. The summed E-state index contributed by atoms with van der Waals surface area (Å²) in [6.45, 7) is 2.02. The summed E-state index contributed by atoms with van der Waals surface area (Å²) in [4.78, 5) is 23.3. The van der Waals surface area contributed by atoms with E-state index in [-0.39, 0.29) is 17.9 Å². The topological polar surface area (TPSA) is 66.4 Å². The number of rotatable bonds is 5. The van der Waals surface area contributed by atoms with Crippen LogP contribution in [0.1, 0.15) is 51.9 Å². The van der Waals surface area contributed by atoms with Crippen LogP contribution >= 0.6 is 0 Å². The first kappa shape index (κ1) is 13.4. The Morgan fingerprint density at radius 2 is 1.78 bits per heavy atom. The third-order valence-corrected chi connectivity index (χ3v) is 4.19. The molecule has 18 heavy (non-hydrogen) atoms. The van der Waals surface area contributed by atoms with Gasteiger partial charge in [-0.25, -0.2) is 0 Å². The van der Waals surface area contributed by atoms with Crippen molar-refractivity contribution in [2.24, 2.45) is 17.8 Å². The SMILES string of the molecule is CC(CC1CC1)NC(=O)[C@@H]1CCCC[C@@H]1C(=O)O. The highest BCUT2D eigenvalue weighted by Gasteiger charge is 2.36. The smallest absolute Gasteiger partial charge is 0.307 e. The normalized spacial score (nSPS) is 29.6. The molecule has 2 N–H and O–H groups in total. The van der Waals surface area contributed by atoms with Gasteiger partial charge in [0.05, 0.1) is 11.8 Å². The van der Waals surface area contributed by atoms with Gasteiger partial charge in [0.2, 0.25) is 5.91 Å². The molecule has 0 aliphatic heterocycles. The second kappa shape index (κ2) is 5.72. The lowest BCUT2D eigenvalue weighted by Crippen LogP contribution is -2.43. The maximum atomic E-state index is 12.2. The fraction of sp³-hybridized carbons (Fsp3) is 0.857. The molecule has 2 aliphatic rings. The Morgan fingerprint density at radius 3 is 2.33 bits per heavy atom. The summed E-state index contributed by atoms with van der Waals surface area (Å²) >= 11 is 0. The molecular weight excluding hydrogens is 230 g/mol. The predicted molar refractivity (Wildman–Crippen MR) is 68.0 cm³/mol.